The number of carbonyl (C=O) groups excluding carboxylic acids is 1. The molecule has 0 spiro atoms. The standard InChI is InChI=1S/C19H17N3O2/c1-2-24-18-13-12-17(21-22-18)14-8-10-16(11-9-14)20-19(23)15-6-4-3-5-7-15/h3-13H,2H2,1H3,(H,20,23). The Balaban J connectivity index is 1.70. The summed E-state index contributed by atoms with van der Waals surface area (Å²) in [5.41, 5.74) is 3.02. The van der Waals surface area contributed by atoms with Crippen LogP contribution in [0.25, 0.3) is 11.3 Å². The van der Waals surface area contributed by atoms with E-state index in [4.69, 9.17) is 4.74 Å². The zero-order valence-electron chi connectivity index (χ0n) is 13.3. The van der Waals surface area contributed by atoms with Crippen LogP contribution in [-0.4, -0.2) is 22.7 Å². The van der Waals surface area contributed by atoms with Crippen LogP contribution in [0.15, 0.2) is 66.7 Å². The predicted octanol–water partition coefficient (Wildman–Crippen LogP) is 3.79. The van der Waals surface area contributed by atoms with E-state index in [1.807, 2.05) is 55.5 Å². The van der Waals surface area contributed by atoms with Gasteiger partial charge in [0.15, 0.2) is 0 Å². The van der Waals surface area contributed by atoms with Gasteiger partial charge in [-0.1, -0.05) is 30.3 Å². The first-order valence-electron chi connectivity index (χ1n) is 7.69. The van der Waals surface area contributed by atoms with Gasteiger partial charge in [0.1, 0.15) is 0 Å². The predicted molar refractivity (Wildman–Crippen MR) is 93.0 cm³/mol. The van der Waals surface area contributed by atoms with Crippen molar-refractivity contribution in [1.82, 2.24) is 10.2 Å². The number of carbonyl (C=O) groups is 1. The van der Waals surface area contributed by atoms with E-state index in [0.29, 0.717) is 18.1 Å². The summed E-state index contributed by atoms with van der Waals surface area (Å²) in [7, 11) is 0. The molecule has 0 fully saturated rings. The first-order chi connectivity index (χ1) is 11.8. The van der Waals surface area contributed by atoms with Gasteiger partial charge in [0, 0.05) is 22.9 Å². The number of rotatable bonds is 5. The van der Waals surface area contributed by atoms with Crippen molar-refractivity contribution in [1.29, 1.82) is 0 Å². The number of anilines is 1. The van der Waals surface area contributed by atoms with Gasteiger partial charge < -0.3 is 10.1 Å². The fraction of sp³-hybridized carbons (Fsp3) is 0.105. The molecule has 0 unspecified atom stereocenters. The molecule has 1 aromatic heterocycles. The minimum atomic E-state index is -0.135. The van der Waals surface area contributed by atoms with Crippen LogP contribution in [-0.2, 0) is 0 Å². The number of amides is 1. The highest BCUT2D eigenvalue weighted by atomic mass is 16.5. The van der Waals surface area contributed by atoms with Crippen LogP contribution in [0.2, 0.25) is 0 Å². The molecule has 1 amide bonds. The lowest BCUT2D eigenvalue weighted by molar-refractivity contribution is 0.102. The van der Waals surface area contributed by atoms with Crippen molar-refractivity contribution in [2.24, 2.45) is 0 Å². The maximum absolute atomic E-state index is 12.1. The van der Waals surface area contributed by atoms with E-state index in [-0.39, 0.29) is 5.91 Å². The van der Waals surface area contributed by atoms with Crippen molar-refractivity contribution in [2.75, 3.05) is 11.9 Å². The highest BCUT2D eigenvalue weighted by molar-refractivity contribution is 6.04. The molecule has 0 aliphatic rings. The van der Waals surface area contributed by atoms with Crippen molar-refractivity contribution in [3.8, 4) is 17.1 Å². The smallest absolute Gasteiger partial charge is 0.255 e. The fourth-order valence-electron chi connectivity index (χ4n) is 2.22. The molecule has 3 rings (SSSR count). The van der Waals surface area contributed by atoms with E-state index in [1.165, 1.54) is 0 Å². The molecule has 0 atom stereocenters. The summed E-state index contributed by atoms with van der Waals surface area (Å²) in [5.74, 6) is 0.372. The van der Waals surface area contributed by atoms with Gasteiger partial charge in [0.2, 0.25) is 5.88 Å². The van der Waals surface area contributed by atoms with E-state index in [9.17, 15) is 4.79 Å². The van der Waals surface area contributed by atoms with Crippen molar-refractivity contribution < 1.29 is 9.53 Å². The lowest BCUT2D eigenvalue weighted by atomic mass is 10.1. The molecular weight excluding hydrogens is 302 g/mol. The summed E-state index contributed by atoms with van der Waals surface area (Å²) in [4.78, 5) is 12.1. The highest BCUT2D eigenvalue weighted by Crippen LogP contribution is 2.20. The van der Waals surface area contributed by atoms with Gasteiger partial charge in [0.25, 0.3) is 5.91 Å². The third-order valence-corrected chi connectivity index (χ3v) is 3.41. The SMILES string of the molecule is CCOc1ccc(-c2ccc(NC(=O)c3ccccc3)cc2)nn1. The largest absolute Gasteiger partial charge is 0.477 e. The first kappa shape index (κ1) is 15.7. The van der Waals surface area contributed by atoms with Crippen molar-refractivity contribution in [3.05, 3.63) is 72.3 Å². The van der Waals surface area contributed by atoms with Crippen LogP contribution < -0.4 is 10.1 Å². The molecule has 1 N–H and O–H groups in total. The lowest BCUT2D eigenvalue weighted by Crippen LogP contribution is -2.11. The minimum Gasteiger partial charge on any atom is -0.477 e. The Morgan fingerprint density at radius 1 is 0.958 bits per heavy atom. The van der Waals surface area contributed by atoms with E-state index in [0.717, 1.165) is 16.9 Å². The molecule has 120 valence electrons. The van der Waals surface area contributed by atoms with Crippen LogP contribution in [0.4, 0.5) is 5.69 Å². The zero-order chi connectivity index (χ0) is 16.8. The van der Waals surface area contributed by atoms with Crippen molar-refractivity contribution in [2.45, 2.75) is 6.92 Å². The Kier molecular flexibility index (Phi) is 4.81. The number of aromatic nitrogens is 2. The Bertz CT molecular complexity index is 800. The molecule has 1 heterocycles. The summed E-state index contributed by atoms with van der Waals surface area (Å²) in [5, 5.41) is 11.0. The topological polar surface area (TPSA) is 64.1 Å². The molecule has 0 bridgehead atoms. The molecule has 2 aromatic carbocycles. The van der Waals surface area contributed by atoms with Gasteiger partial charge in [-0.05, 0) is 37.3 Å². The molecule has 5 nitrogen and oxygen atoms in total. The lowest BCUT2D eigenvalue weighted by Gasteiger charge is -2.07. The number of nitrogens with one attached hydrogen (secondary N) is 1. The van der Waals surface area contributed by atoms with E-state index in [2.05, 4.69) is 15.5 Å². The van der Waals surface area contributed by atoms with Crippen LogP contribution in [0.5, 0.6) is 5.88 Å². The van der Waals surface area contributed by atoms with Crippen LogP contribution in [0.1, 0.15) is 17.3 Å². The van der Waals surface area contributed by atoms with Gasteiger partial charge in [-0.25, -0.2) is 0 Å². The first-order valence-corrected chi connectivity index (χ1v) is 7.69. The molecule has 0 aliphatic heterocycles. The second-order valence-corrected chi connectivity index (χ2v) is 5.09. The molecule has 5 heteroatoms. The van der Waals surface area contributed by atoms with Gasteiger partial charge in [-0.2, -0.15) is 0 Å². The number of hydrogen-bond donors (Lipinski definition) is 1. The van der Waals surface area contributed by atoms with Gasteiger partial charge in [-0.15, -0.1) is 10.2 Å². The summed E-state index contributed by atoms with van der Waals surface area (Å²) in [6.45, 7) is 2.46. The summed E-state index contributed by atoms with van der Waals surface area (Å²) in [6, 6.07) is 20.2. The van der Waals surface area contributed by atoms with E-state index in [1.54, 1.807) is 18.2 Å². The number of hydrogen-bond acceptors (Lipinski definition) is 4. The minimum absolute atomic E-state index is 0.135. The average molecular weight is 319 g/mol. The summed E-state index contributed by atoms with van der Waals surface area (Å²) < 4.78 is 5.28. The molecule has 0 radical (unpaired) electrons. The molecule has 24 heavy (non-hydrogen) atoms. The third kappa shape index (κ3) is 3.76. The second kappa shape index (κ2) is 7.37. The number of nitrogens with zero attached hydrogens (tertiary/aromatic N) is 2. The number of benzene rings is 2. The second-order valence-electron chi connectivity index (χ2n) is 5.09. The number of ether oxygens (including phenoxy) is 1. The zero-order valence-corrected chi connectivity index (χ0v) is 13.3. The van der Waals surface area contributed by atoms with Crippen molar-refractivity contribution >= 4 is 11.6 Å². The maximum atomic E-state index is 12.1. The quantitative estimate of drug-likeness (QED) is 0.777. The molecule has 0 aliphatic carbocycles. The van der Waals surface area contributed by atoms with Crippen LogP contribution >= 0.6 is 0 Å². The van der Waals surface area contributed by atoms with Crippen molar-refractivity contribution in [3.63, 3.8) is 0 Å². The Morgan fingerprint density at radius 2 is 1.71 bits per heavy atom. The van der Waals surface area contributed by atoms with Crippen LogP contribution in [0, 0.1) is 0 Å². The Hall–Kier alpha value is -3.21. The summed E-state index contributed by atoms with van der Waals surface area (Å²) >= 11 is 0. The molecule has 0 saturated heterocycles. The molecular formula is C19H17N3O2. The Morgan fingerprint density at radius 3 is 2.33 bits per heavy atom. The molecule has 3 aromatic rings. The average Bonchev–Trinajstić information content (AvgIpc) is 2.64. The highest BCUT2D eigenvalue weighted by Gasteiger charge is 2.06. The van der Waals surface area contributed by atoms with Gasteiger partial charge in [0.05, 0.1) is 12.3 Å². The van der Waals surface area contributed by atoms with Gasteiger partial charge in [-0.3, -0.25) is 4.79 Å². The third-order valence-electron chi connectivity index (χ3n) is 3.41. The monoisotopic (exact) mass is 319 g/mol. The van der Waals surface area contributed by atoms with Crippen LogP contribution in [0.3, 0.4) is 0 Å². The van der Waals surface area contributed by atoms with E-state index < -0.39 is 0 Å². The fourth-order valence-corrected chi connectivity index (χ4v) is 2.22. The Labute approximate surface area is 140 Å². The normalized spacial score (nSPS) is 10.2. The molecule has 0 saturated carbocycles. The summed E-state index contributed by atoms with van der Waals surface area (Å²) in [6.07, 6.45) is 0. The van der Waals surface area contributed by atoms with Gasteiger partial charge >= 0.3 is 0 Å². The van der Waals surface area contributed by atoms with E-state index >= 15 is 0 Å². The maximum Gasteiger partial charge on any atom is 0.255 e.